The second-order valence-corrected chi connectivity index (χ2v) is 7.43. The van der Waals surface area contributed by atoms with Crippen molar-refractivity contribution in [3.8, 4) is 0 Å². The minimum atomic E-state index is -6.17. The third-order valence-corrected chi connectivity index (χ3v) is 6.06. The van der Waals surface area contributed by atoms with Gasteiger partial charge in [-0.25, -0.2) is 0 Å². The second-order valence-electron chi connectivity index (χ2n) is 7.43. The number of halogens is 10. The Kier molecular flexibility index (Phi) is 3.56. The fraction of sp³-hybridized carbons (Fsp3) is 1.00. The average molecular weight is 372 g/mol. The maximum atomic E-state index is 14.2. The van der Waals surface area contributed by atoms with E-state index in [4.69, 9.17) is 0 Å². The molecule has 0 saturated heterocycles. The molecule has 4 saturated carbocycles. The van der Waals surface area contributed by atoms with Gasteiger partial charge < -0.3 is 0 Å². The minimum absolute atomic E-state index is 0.150. The SMILES string of the molecule is FC(F)(F)C(F)(F)C1C2CC3CC(C2)CC1(C(F)(F)C(F)(F)F)C3. The van der Waals surface area contributed by atoms with E-state index in [9.17, 15) is 43.9 Å². The monoisotopic (exact) mass is 372 g/mol. The summed E-state index contributed by atoms with van der Waals surface area (Å²) in [6.45, 7) is 0. The first kappa shape index (κ1) is 18.1. The zero-order chi connectivity index (χ0) is 18.3. The summed E-state index contributed by atoms with van der Waals surface area (Å²) >= 11 is 0. The third-order valence-electron chi connectivity index (χ3n) is 6.06. The number of rotatable bonds is 2. The number of hydrogen-bond donors (Lipinski definition) is 0. The van der Waals surface area contributed by atoms with Gasteiger partial charge in [-0.05, 0) is 49.9 Å². The van der Waals surface area contributed by atoms with E-state index in [1.165, 1.54) is 0 Å². The highest BCUT2D eigenvalue weighted by Crippen LogP contribution is 2.73. The lowest BCUT2D eigenvalue weighted by molar-refractivity contribution is -0.403. The number of alkyl halides is 10. The van der Waals surface area contributed by atoms with E-state index in [0.29, 0.717) is 6.42 Å². The Labute approximate surface area is 130 Å². The molecule has 10 heteroatoms. The fourth-order valence-electron chi connectivity index (χ4n) is 5.59. The zero-order valence-electron chi connectivity index (χ0n) is 12.1. The van der Waals surface area contributed by atoms with E-state index in [-0.39, 0.29) is 12.8 Å². The van der Waals surface area contributed by atoms with Crippen molar-refractivity contribution in [3.05, 3.63) is 0 Å². The predicted molar refractivity (Wildman–Crippen MR) is 61.5 cm³/mol. The van der Waals surface area contributed by atoms with Gasteiger partial charge in [0.15, 0.2) is 0 Å². The highest BCUT2D eigenvalue weighted by molar-refractivity contribution is 5.16. The molecular formula is C14H14F10. The molecule has 4 bridgehead atoms. The average Bonchev–Trinajstić information content (AvgIpc) is 2.33. The normalized spacial score (nSPS) is 40.2. The van der Waals surface area contributed by atoms with Crippen LogP contribution in [0, 0.1) is 29.1 Å². The lowest BCUT2D eigenvalue weighted by Gasteiger charge is -2.64. The molecule has 4 rings (SSSR count). The van der Waals surface area contributed by atoms with Crippen molar-refractivity contribution in [3.63, 3.8) is 0 Å². The van der Waals surface area contributed by atoms with Crippen LogP contribution >= 0.6 is 0 Å². The van der Waals surface area contributed by atoms with Crippen LogP contribution in [0.15, 0.2) is 0 Å². The molecule has 0 amide bonds. The molecule has 0 spiro atoms. The smallest absolute Gasteiger partial charge is 0.196 e. The first-order valence-corrected chi connectivity index (χ1v) is 7.52. The van der Waals surface area contributed by atoms with Crippen LogP contribution in [-0.4, -0.2) is 24.2 Å². The van der Waals surface area contributed by atoms with Crippen LogP contribution in [0.5, 0.6) is 0 Å². The minimum Gasteiger partial charge on any atom is -0.196 e. The van der Waals surface area contributed by atoms with E-state index in [0.717, 1.165) is 0 Å². The number of hydrogen-bond acceptors (Lipinski definition) is 0. The van der Waals surface area contributed by atoms with Gasteiger partial charge in [0, 0.05) is 5.92 Å². The molecule has 0 aromatic heterocycles. The summed E-state index contributed by atoms with van der Waals surface area (Å²) in [4.78, 5) is 0. The fourth-order valence-corrected chi connectivity index (χ4v) is 5.59. The maximum absolute atomic E-state index is 14.2. The van der Waals surface area contributed by atoms with E-state index in [1.54, 1.807) is 0 Å². The van der Waals surface area contributed by atoms with Crippen molar-refractivity contribution in [1.29, 1.82) is 0 Å². The Morgan fingerprint density at radius 1 is 0.625 bits per heavy atom. The first-order valence-electron chi connectivity index (χ1n) is 7.52. The molecule has 4 fully saturated rings. The van der Waals surface area contributed by atoms with Crippen LogP contribution in [0.4, 0.5) is 43.9 Å². The van der Waals surface area contributed by atoms with Gasteiger partial charge in [-0.1, -0.05) is 0 Å². The standard InChI is InChI=1S/C14H14F10/c15-11(16,13(19,20)21)9-8-2-6-1-7(3-8)5-10(9,4-6)12(17,18)14(22,23)24/h6-9H,1-5H2. The van der Waals surface area contributed by atoms with Gasteiger partial charge >= 0.3 is 24.2 Å². The van der Waals surface area contributed by atoms with Crippen LogP contribution in [0.3, 0.4) is 0 Å². The molecule has 0 nitrogen and oxygen atoms in total. The van der Waals surface area contributed by atoms with Crippen molar-refractivity contribution in [1.82, 2.24) is 0 Å². The summed E-state index contributed by atoms with van der Waals surface area (Å²) < 4.78 is 134. The molecule has 0 aromatic rings. The van der Waals surface area contributed by atoms with Crippen LogP contribution in [-0.2, 0) is 0 Å². The molecule has 24 heavy (non-hydrogen) atoms. The molecular weight excluding hydrogens is 358 g/mol. The quantitative estimate of drug-likeness (QED) is 0.536. The van der Waals surface area contributed by atoms with Gasteiger partial charge in [0.05, 0.1) is 5.41 Å². The topological polar surface area (TPSA) is 0 Å². The summed E-state index contributed by atoms with van der Waals surface area (Å²) in [6.07, 6.45) is -14.2. The van der Waals surface area contributed by atoms with Crippen LogP contribution < -0.4 is 0 Å². The molecule has 0 aliphatic heterocycles. The largest absolute Gasteiger partial charge is 0.453 e. The molecule has 4 aliphatic carbocycles. The Bertz CT molecular complexity index is 503. The highest BCUT2D eigenvalue weighted by atomic mass is 19.4. The Balaban J connectivity index is 2.16. The third kappa shape index (κ3) is 2.12. The van der Waals surface area contributed by atoms with Crippen molar-refractivity contribution in [2.24, 2.45) is 29.1 Å². The predicted octanol–water partition coefficient (Wildman–Crippen LogP) is 5.82. The van der Waals surface area contributed by atoms with Gasteiger partial charge in [-0.15, -0.1) is 0 Å². The lowest BCUT2D eigenvalue weighted by atomic mass is 9.42. The molecule has 0 N–H and O–H groups in total. The summed E-state index contributed by atoms with van der Waals surface area (Å²) in [6, 6.07) is 0. The molecule has 0 heterocycles. The summed E-state index contributed by atoms with van der Waals surface area (Å²) in [7, 11) is 0. The van der Waals surface area contributed by atoms with Crippen molar-refractivity contribution < 1.29 is 43.9 Å². The van der Waals surface area contributed by atoms with E-state index in [1.807, 2.05) is 0 Å². The first-order chi connectivity index (χ1) is 10.6. The van der Waals surface area contributed by atoms with Crippen LogP contribution in [0.2, 0.25) is 0 Å². The molecule has 4 aliphatic rings. The van der Waals surface area contributed by atoms with Gasteiger partial charge in [-0.3, -0.25) is 0 Å². The Morgan fingerprint density at radius 2 is 1.08 bits per heavy atom. The van der Waals surface area contributed by atoms with E-state index in [2.05, 4.69) is 0 Å². The van der Waals surface area contributed by atoms with Gasteiger partial charge in [0.25, 0.3) is 0 Å². The van der Waals surface area contributed by atoms with Gasteiger partial charge in [0.2, 0.25) is 0 Å². The maximum Gasteiger partial charge on any atom is 0.453 e. The lowest BCUT2D eigenvalue weighted by Crippen LogP contribution is -2.69. The zero-order valence-corrected chi connectivity index (χ0v) is 12.1. The Morgan fingerprint density at radius 3 is 1.46 bits per heavy atom. The van der Waals surface area contributed by atoms with Crippen LogP contribution in [0.25, 0.3) is 0 Å². The van der Waals surface area contributed by atoms with Gasteiger partial charge in [0.1, 0.15) is 0 Å². The molecule has 3 atom stereocenters. The molecule has 0 aromatic carbocycles. The molecule has 0 radical (unpaired) electrons. The molecule has 140 valence electrons. The second kappa shape index (κ2) is 4.72. The summed E-state index contributed by atoms with van der Waals surface area (Å²) in [5.74, 6) is -17.0. The van der Waals surface area contributed by atoms with Crippen molar-refractivity contribution >= 4 is 0 Å². The molecule has 3 unspecified atom stereocenters. The van der Waals surface area contributed by atoms with E-state index >= 15 is 0 Å². The highest BCUT2D eigenvalue weighted by Gasteiger charge is 2.82. The summed E-state index contributed by atoms with van der Waals surface area (Å²) in [5.41, 5.74) is -3.39. The van der Waals surface area contributed by atoms with Gasteiger partial charge in [-0.2, -0.15) is 43.9 Å². The summed E-state index contributed by atoms with van der Waals surface area (Å²) in [5, 5.41) is 0. The Hall–Kier alpha value is -0.700. The van der Waals surface area contributed by atoms with Crippen molar-refractivity contribution in [2.75, 3.05) is 0 Å². The van der Waals surface area contributed by atoms with Crippen molar-refractivity contribution in [2.45, 2.75) is 56.3 Å². The van der Waals surface area contributed by atoms with Crippen LogP contribution in [0.1, 0.15) is 32.1 Å². The van der Waals surface area contributed by atoms with E-state index < -0.39 is 66.1 Å².